The van der Waals surface area contributed by atoms with Gasteiger partial charge in [0.25, 0.3) is 5.91 Å². The van der Waals surface area contributed by atoms with Gasteiger partial charge in [-0.15, -0.1) is 0 Å². The van der Waals surface area contributed by atoms with Gasteiger partial charge >= 0.3 is 0 Å². The zero-order valence-electron chi connectivity index (χ0n) is 13.5. The summed E-state index contributed by atoms with van der Waals surface area (Å²) in [4.78, 5) is 15.3. The first-order valence-electron chi connectivity index (χ1n) is 7.00. The number of amides is 1. The maximum atomic E-state index is 12.1. The van der Waals surface area contributed by atoms with Gasteiger partial charge in [0.2, 0.25) is 0 Å². The van der Waals surface area contributed by atoms with E-state index >= 15 is 0 Å². The lowest BCUT2D eigenvalue weighted by Crippen LogP contribution is -2.24. The number of halogens is 1. The monoisotopic (exact) mass is 381 g/mol. The first-order valence-corrected chi connectivity index (χ1v) is 9.27. The summed E-state index contributed by atoms with van der Waals surface area (Å²) in [5, 5.41) is 0.440. The molecule has 0 heterocycles. The van der Waals surface area contributed by atoms with Crippen molar-refractivity contribution in [2.75, 3.05) is 6.26 Å². The third-order valence-electron chi connectivity index (χ3n) is 3.18. The number of aryl methyl sites for hydroxylation is 1. The van der Waals surface area contributed by atoms with Crippen LogP contribution < -0.4 is 16.2 Å². The van der Waals surface area contributed by atoms with Crippen LogP contribution >= 0.6 is 11.6 Å². The fourth-order valence-corrected chi connectivity index (χ4v) is 3.07. The van der Waals surface area contributed by atoms with Crippen molar-refractivity contribution in [1.29, 1.82) is 0 Å². The molecule has 4 N–H and O–H groups in total. The number of rotatable bonds is 4. The summed E-state index contributed by atoms with van der Waals surface area (Å²) >= 11 is 5.91. The van der Waals surface area contributed by atoms with Crippen LogP contribution in [0.5, 0.6) is 11.5 Å². The maximum absolute atomic E-state index is 12.1. The van der Waals surface area contributed by atoms with E-state index < -0.39 is 21.7 Å². The average Bonchev–Trinajstić information content (AvgIpc) is 2.45. The molecule has 0 unspecified atom stereocenters. The molecular weight excluding hydrogens is 366 g/mol. The van der Waals surface area contributed by atoms with E-state index in [-0.39, 0.29) is 16.2 Å². The van der Waals surface area contributed by atoms with Crippen molar-refractivity contribution in [3.63, 3.8) is 0 Å². The molecule has 0 fully saturated rings. The number of ether oxygens (including phenoxy) is 1. The first kappa shape index (κ1) is 18.8. The summed E-state index contributed by atoms with van der Waals surface area (Å²) in [7, 11) is -3.69. The molecule has 2 aromatic rings. The molecule has 0 aliphatic carbocycles. The number of nitrogens with zero attached hydrogens (tertiary/aromatic N) is 1. The van der Waals surface area contributed by atoms with Gasteiger partial charge in [-0.3, -0.25) is 4.79 Å². The molecule has 0 atom stereocenters. The van der Waals surface area contributed by atoms with Gasteiger partial charge in [-0.1, -0.05) is 17.7 Å². The van der Waals surface area contributed by atoms with Crippen LogP contribution in [0.3, 0.4) is 0 Å². The molecule has 2 aromatic carbocycles. The Morgan fingerprint density at radius 3 is 2.44 bits per heavy atom. The Bertz CT molecular complexity index is 967. The van der Waals surface area contributed by atoms with Gasteiger partial charge in [0, 0.05) is 16.8 Å². The van der Waals surface area contributed by atoms with E-state index in [1.807, 2.05) is 0 Å². The lowest BCUT2D eigenvalue weighted by atomic mass is 10.1. The number of hydrogen-bond acceptors (Lipinski definition) is 4. The Labute approximate surface area is 150 Å². The minimum atomic E-state index is -3.69. The Hall–Kier alpha value is -2.58. The molecule has 9 heteroatoms. The number of sulfone groups is 1. The van der Waals surface area contributed by atoms with Crippen LogP contribution in [0.2, 0.25) is 5.02 Å². The van der Waals surface area contributed by atoms with Gasteiger partial charge in [0.1, 0.15) is 16.4 Å². The second kappa shape index (κ2) is 7.12. The minimum Gasteiger partial charge on any atom is -0.456 e. The molecule has 7 nitrogen and oxygen atoms in total. The molecule has 0 aromatic heterocycles. The van der Waals surface area contributed by atoms with E-state index in [0.29, 0.717) is 16.3 Å². The molecule has 0 saturated heterocycles. The van der Waals surface area contributed by atoms with Crippen LogP contribution in [-0.4, -0.2) is 26.5 Å². The molecule has 0 radical (unpaired) electrons. The van der Waals surface area contributed by atoms with Crippen LogP contribution in [0.4, 0.5) is 0 Å². The van der Waals surface area contributed by atoms with Gasteiger partial charge in [-0.25, -0.2) is 8.42 Å². The summed E-state index contributed by atoms with van der Waals surface area (Å²) in [5.41, 5.74) is 10.9. The third kappa shape index (κ3) is 4.71. The van der Waals surface area contributed by atoms with Crippen LogP contribution in [0.1, 0.15) is 15.9 Å². The van der Waals surface area contributed by atoms with Crippen LogP contribution in [0.15, 0.2) is 46.3 Å². The normalized spacial score (nSPS) is 11.0. The van der Waals surface area contributed by atoms with Crippen molar-refractivity contribution >= 4 is 33.3 Å². The molecule has 0 bridgehead atoms. The van der Waals surface area contributed by atoms with E-state index in [0.717, 1.165) is 6.26 Å². The topological polar surface area (TPSA) is 125 Å². The van der Waals surface area contributed by atoms with Gasteiger partial charge in [-0.2, -0.15) is 4.99 Å². The molecule has 0 aliphatic rings. The van der Waals surface area contributed by atoms with Crippen molar-refractivity contribution < 1.29 is 17.9 Å². The predicted octanol–water partition coefficient (Wildman–Crippen LogP) is 2.26. The van der Waals surface area contributed by atoms with E-state index in [4.69, 9.17) is 27.8 Å². The number of benzene rings is 2. The van der Waals surface area contributed by atoms with Crippen molar-refractivity contribution in [3.05, 3.63) is 52.5 Å². The van der Waals surface area contributed by atoms with E-state index in [1.54, 1.807) is 31.2 Å². The Balaban J connectivity index is 2.59. The van der Waals surface area contributed by atoms with E-state index in [9.17, 15) is 13.2 Å². The number of guanidine groups is 1. The van der Waals surface area contributed by atoms with Gasteiger partial charge < -0.3 is 16.2 Å². The first-order chi connectivity index (χ1) is 11.6. The fraction of sp³-hybridized carbons (Fsp3) is 0.125. The Morgan fingerprint density at radius 1 is 1.20 bits per heavy atom. The SMILES string of the molecule is Cc1cc(Oc2cccc(Cl)c2)c(S(C)(=O)=O)cc1C(=O)N=C(N)N. The zero-order chi connectivity index (χ0) is 18.8. The van der Waals surface area contributed by atoms with Gasteiger partial charge in [0.05, 0.1) is 0 Å². The van der Waals surface area contributed by atoms with E-state index in [2.05, 4.69) is 4.99 Å². The molecular formula is C16H16ClN3O4S. The van der Waals surface area contributed by atoms with Crippen molar-refractivity contribution in [2.24, 2.45) is 16.5 Å². The summed E-state index contributed by atoms with van der Waals surface area (Å²) in [6.45, 7) is 1.62. The van der Waals surface area contributed by atoms with E-state index in [1.165, 1.54) is 12.1 Å². The second-order valence-corrected chi connectivity index (χ2v) is 7.71. The smallest absolute Gasteiger partial charge is 0.280 e. The molecule has 1 amide bonds. The molecule has 0 spiro atoms. The van der Waals surface area contributed by atoms with Crippen LogP contribution in [0.25, 0.3) is 0 Å². The number of carbonyl (C=O) groups excluding carboxylic acids is 1. The van der Waals surface area contributed by atoms with Crippen molar-refractivity contribution in [2.45, 2.75) is 11.8 Å². The largest absolute Gasteiger partial charge is 0.456 e. The quantitative estimate of drug-likeness (QED) is 0.618. The minimum absolute atomic E-state index is 0.0623. The Morgan fingerprint density at radius 2 is 1.88 bits per heavy atom. The van der Waals surface area contributed by atoms with Gasteiger partial charge in [0.15, 0.2) is 15.8 Å². The van der Waals surface area contributed by atoms with Crippen molar-refractivity contribution in [1.82, 2.24) is 0 Å². The number of hydrogen-bond donors (Lipinski definition) is 2. The highest BCUT2D eigenvalue weighted by Gasteiger charge is 2.21. The molecule has 0 aliphatic heterocycles. The van der Waals surface area contributed by atoms with Gasteiger partial charge in [-0.05, 0) is 42.8 Å². The predicted molar refractivity (Wildman–Crippen MR) is 96.0 cm³/mol. The highest BCUT2D eigenvalue weighted by Crippen LogP contribution is 2.33. The lowest BCUT2D eigenvalue weighted by Gasteiger charge is -2.13. The summed E-state index contributed by atoms with van der Waals surface area (Å²) < 4.78 is 29.9. The highest BCUT2D eigenvalue weighted by molar-refractivity contribution is 7.90. The summed E-state index contributed by atoms with van der Waals surface area (Å²) in [6.07, 6.45) is 1.01. The summed E-state index contributed by atoms with van der Waals surface area (Å²) in [5.74, 6) is -0.718. The molecule has 2 rings (SSSR count). The van der Waals surface area contributed by atoms with Crippen LogP contribution in [0, 0.1) is 6.92 Å². The average molecular weight is 382 g/mol. The molecule has 0 saturated carbocycles. The number of nitrogens with two attached hydrogens (primary N) is 2. The Kier molecular flexibility index (Phi) is 5.34. The standard InChI is InChI=1S/C16H16ClN3O4S/c1-9-6-13(24-11-5-3-4-10(17)7-11)14(25(2,22)23)8-12(9)15(21)20-16(18)19/h3-8H,1-2H3,(H4,18,19,20,21). The third-order valence-corrected chi connectivity index (χ3v) is 4.53. The van der Waals surface area contributed by atoms with Crippen molar-refractivity contribution in [3.8, 4) is 11.5 Å². The maximum Gasteiger partial charge on any atom is 0.280 e. The number of carbonyl (C=O) groups is 1. The molecule has 25 heavy (non-hydrogen) atoms. The zero-order valence-corrected chi connectivity index (χ0v) is 15.1. The van der Waals surface area contributed by atoms with Crippen LogP contribution in [-0.2, 0) is 9.84 Å². The second-order valence-electron chi connectivity index (χ2n) is 5.29. The highest BCUT2D eigenvalue weighted by atomic mass is 35.5. The molecule has 132 valence electrons. The fourth-order valence-electron chi connectivity index (χ4n) is 2.10. The number of aliphatic imine (C=N–C) groups is 1. The summed E-state index contributed by atoms with van der Waals surface area (Å²) in [6, 6.07) is 9.13. The lowest BCUT2D eigenvalue weighted by molar-refractivity contribution is 0.100.